The predicted molar refractivity (Wildman–Crippen MR) is 111 cm³/mol. The van der Waals surface area contributed by atoms with Crippen molar-refractivity contribution >= 4 is 34.8 Å². The monoisotopic (exact) mass is 501 g/mol. The second kappa shape index (κ2) is 8.09. The van der Waals surface area contributed by atoms with Crippen LogP contribution >= 0.6 is 0 Å². The Bertz CT molecular complexity index is 1210. The third-order valence-corrected chi connectivity index (χ3v) is 5.65. The van der Waals surface area contributed by atoms with Gasteiger partial charge in [-0.25, -0.2) is 0 Å². The minimum absolute atomic E-state index is 0.104. The molecule has 4 unspecified atom stereocenters. The second-order valence-corrected chi connectivity index (χ2v) is 8.49. The van der Waals surface area contributed by atoms with Crippen molar-refractivity contribution in [3.05, 3.63) is 58.8 Å². The van der Waals surface area contributed by atoms with Crippen LogP contribution in [-0.2, 0) is 17.9 Å². The van der Waals surface area contributed by atoms with Crippen molar-refractivity contribution in [1.29, 1.82) is 0 Å². The average Bonchev–Trinajstić information content (AvgIpc) is 3.41. The van der Waals surface area contributed by atoms with Gasteiger partial charge >= 0.3 is 161 Å². The van der Waals surface area contributed by atoms with Crippen molar-refractivity contribution in [2.24, 2.45) is 0 Å². The molecule has 1 amide bonds. The first-order chi connectivity index (χ1) is 15.4. The fourth-order valence-corrected chi connectivity index (χ4v) is 4.34. The van der Waals surface area contributed by atoms with Crippen LogP contribution in [0.3, 0.4) is 0 Å². The van der Waals surface area contributed by atoms with Crippen LogP contribution in [0.2, 0.25) is 0 Å². The molecular formula is C20H20AsN5O6. The van der Waals surface area contributed by atoms with Gasteiger partial charge in [-0.15, -0.1) is 0 Å². The molecule has 5 rings (SSSR count). The summed E-state index contributed by atoms with van der Waals surface area (Å²) in [6.07, 6.45) is 1.42. The summed E-state index contributed by atoms with van der Waals surface area (Å²) in [6, 6.07) is 8.60. The number of fused-ring (bicyclic) bond motifs is 2. The van der Waals surface area contributed by atoms with Crippen LogP contribution in [0.25, 0.3) is 5.78 Å². The third-order valence-electron chi connectivity index (χ3n) is 5.34. The maximum atomic E-state index is 12.6. The first kappa shape index (κ1) is 21.3. The average molecular weight is 501 g/mol. The minimum atomic E-state index is -0.790. The summed E-state index contributed by atoms with van der Waals surface area (Å²) in [4.78, 5) is 33.3. The molecule has 12 heteroatoms. The Kier molecular flexibility index (Phi) is 5.38. The maximum absolute atomic E-state index is 12.6. The van der Waals surface area contributed by atoms with Gasteiger partial charge in [-0.05, 0) is 12.1 Å². The van der Waals surface area contributed by atoms with E-state index in [0.717, 1.165) is 0 Å². The number of anilines is 1. The number of imidazole rings is 1. The molecule has 166 valence electrons. The van der Waals surface area contributed by atoms with Crippen LogP contribution in [0.4, 0.5) is 5.95 Å². The van der Waals surface area contributed by atoms with Crippen molar-refractivity contribution in [1.82, 2.24) is 18.9 Å². The number of nitrogens with zero attached hydrogens (tertiary/aromatic N) is 4. The zero-order valence-corrected chi connectivity index (χ0v) is 19.1. The zero-order chi connectivity index (χ0) is 22.5. The van der Waals surface area contributed by atoms with Crippen molar-refractivity contribution in [2.75, 3.05) is 11.9 Å². The molecule has 0 aliphatic carbocycles. The Morgan fingerprint density at radius 1 is 1.19 bits per heavy atom. The summed E-state index contributed by atoms with van der Waals surface area (Å²) in [5.74, 6) is -1.06. The van der Waals surface area contributed by atoms with Crippen molar-refractivity contribution in [2.45, 2.75) is 44.2 Å². The zero-order valence-electron chi connectivity index (χ0n) is 17.2. The quantitative estimate of drug-likeness (QED) is 0.507. The van der Waals surface area contributed by atoms with E-state index in [0.29, 0.717) is 12.2 Å². The van der Waals surface area contributed by atoms with Gasteiger partial charge in [-0.3, -0.25) is 0 Å². The summed E-state index contributed by atoms with van der Waals surface area (Å²) < 4.78 is 26.4. The number of rotatable bonds is 5. The fraction of sp³-hybridized carbons (Fsp3) is 0.400. The molecule has 1 N–H and O–H groups in total. The molecule has 11 nitrogen and oxygen atoms in total. The SMILES string of the molecule is CC1(C)OC2C(CO[As])OC(n3ccn4c(=O)nc(NC(=O)c5ccccc5)nc34)C2O1. The summed E-state index contributed by atoms with van der Waals surface area (Å²) in [5, 5.41) is 2.58. The van der Waals surface area contributed by atoms with E-state index >= 15 is 0 Å². The van der Waals surface area contributed by atoms with E-state index in [4.69, 9.17) is 17.9 Å². The molecule has 2 radical (unpaired) electrons. The number of amides is 1. The van der Waals surface area contributed by atoms with Gasteiger partial charge in [0.2, 0.25) is 0 Å². The molecule has 1 aromatic carbocycles. The van der Waals surface area contributed by atoms with Gasteiger partial charge in [-0.2, -0.15) is 0 Å². The van der Waals surface area contributed by atoms with Gasteiger partial charge in [0, 0.05) is 0 Å². The van der Waals surface area contributed by atoms with Crippen LogP contribution in [-0.4, -0.2) is 72.7 Å². The molecule has 2 aliphatic rings. The van der Waals surface area contributed by atoms with Crippen LogP contribution in [0.15, 0.2) is 47.5 Å². The molecule has 0 spiro atoms. The van der Waals surface area contributed by atoms with Crippen LogP contribution < -0.4 is 11.0 Å². The van der Waals surface area contributed by atoms with Gasteiger partial charge in [0.1, 0.15) is 0 Å². The number of benzene rings is 1. The Labute approximate surface area is 191 Å². The van der Waals surface area contributed by atoms with E-state index in [1.165, 1.54) is 4.40 Å². The van der Waals surface area contributed by atoms with Gasteiger partial charge in [0.25, 0.3) is 0 Å². The molecule has 4 atom stereocenters. The Hall–Kier alpha value is -2.56. The van der Waals surface area contributed by atoms with E-state index < -0.39 is 29.7 Å². The number of carbonyl (C=O) groups excluding carboxylic acids is 1. The number of aromatic nitrogens is 4. The molecule has 0 bridgehead atoms. The van der Waals surface area contributed by atoms with E-state index in [1.807, 2.05) is 31.0 Å². The Morgan fingerprint density at radius 2 is 1.94 bits per heavy atom. The number of hydrogen-bond donors (Lipinski definition) is 1. The van der Waals surface area contributed by atoms with Crippen LogP contribution in [0, 0.1) is 0 Å². The van der Waals surface area contributed by atoms with E-state index in [1.54, 1.807) is 47.3 Å². The number of nitrogens with one attached hydrogen (secondary N) is 1. The number of carbonyl (C=O) groups is 1. The first-order valence-corrected chi connectivity index (χ1v) is 10.7. The molecule has 2 fully saturated rings. The molecule has 3 aromatic rings. The van der Waals surface area contributed by atoms with Gasteiger partial charge < -0.3 is 0 Å². The van der Waals surface area contributed by atoms with Gasteiger partial charge in [0.05, 0.1) is 0 Å². The molecule has 2 aliphatic heterocycles. The molecule has 32 heavy (non-hydrogen) atoms. The topological polar surface area (TPSA) is 118 Å². The molecular weight excluding hydrogens is 481 g/mol. The van der Waals surface area contributed by atoms with E-state index in [9.17, 15) is 9.59 Å². The number of ether oxygens (including phenoxy) is 3. The summed E-state index contributed by atoms with van der Waals surface area (Å²) in [5.41, 5.74) is -0.158. The normalized spacial score (nSPS) is 26.3. The number of hydrogen-bond acceptors (Lipinski definition) is 8. The van der Waals surface area contributed by atoms with Crippen molar-refractivity contribution < 1.29 is 22.7 Å². The third kappa shape index (κ3) is 3.76. The summed E-state index contributed by atoms with van der Waals surface area (Å²) in [6.45, 7) is 3.96. The fourth-order valence-electron chi connectivity index (χ4n) is 4.03. The Morgan fingerprint density at radius 3 is 2.69 bits per heavy atom. The van der Waals surface area contributed by atoms with Gasteiger partial charge in [0.15, 0.2) is 0 Å². The summed E-state index contributed by atoms with van der Waals surface area (Å²) in [7, 11) is 0. The summed E-state index contributed by atoms with van der Waals surface area (Å²) >= 11 is 2.05. The standard InChI is InChI=1S/C20H20AsN5O6/c1-20(2)31-13-12(10-29-21)30-16(14(13)32-20)25-8-9-26-18(25)23-17(24-19(26)28)22-15(27)11-6-4-3-5-7-11/h3-9,12-14,16H,10H2,1-2H3,(H,22,24,27,28). The Balaban J connectivity index is 1.50. The molecule has 0 saturated carbocycles. The van der Waals surface area contributed by atoms with Crippen LogP contribution in [0.1, 0.15) is 30.4 Å². The van der Waals surface area contributed by atoms with Crippen molar-refractivity contribution in [3.8, 4) is 0 Å². The molecule has 4 heterocycles. The predicted octanol–water partition coefficient (Wildman–Crippen LogP) is 0.661. The van der Waals surface area contributed by atoms with Gasteiger partial charge in [-0.1, -0.05) is 18.2 Å². The van der Waals surface area contributed by atoms with E-state index in [2.05, 4.69) is 15.3 Å². The first-order valence-electron chi connectivity index (χ1n) is 9.97. The van der Waals surface area contributed by atoms with E-state index in [-0.39, 0.29) is 23.9 Å². The van der Waals surface area contributed by atoms with Crippen molar-refractivity contribution in [3.63, 3.8) is 0 Å². The molecule has 2 aromatic heterocycles. The molecule has 2 saturated heterocycles. The van der Waals surface area contributed by atoms with Crippen LogP contribution in [0.5, 0.6) is 0 Å². The second-order valence-electron chi connectivity index (χ2n) is 7.95.